The van der Waals surface area contributed by atoms with Crippen LogP contribution in [-0.2, 0) is 14.3 Å². The number of nitrogens with one attached hydrogen (secondary N) is 1. The summed E-state index contributed by atoms with van der Waals surface area (Å²) in [4.78, 5) is 27.7. The summed E-state index contributed by atoms with van der Waals surface area (Å²) in [6.45, 7) is 3.43. The number of rotatable bonds is 5. The van der Waals surface area contributed by atoms with Gasteiger partial charge in [0.2, 0.25) is 0 Å². The summed E-state index contributed by atoms with van der Waals surface area (Å²) in [5, 5.41) is 2.73. The Bertz CT molecular complexity index is 774. The Hall–Kier alpha value is -2.66. The lowest BCUT2D eigenvalue weighted by atomic mass is 10.1. The quantitative estimate of drug-likeness (QED) is 0.511. The third-order valence-corrected chi connectivity index (χ3v) is 3.57. The lowest BCUT2D eigenvalue weighted by molar-refractivity contribution is -0.148. The van der Waals surface area contributed by atoms with Gasteiger partial charge in [-0.1, -0.05) is 35.9 Å². The third kappa shape index (κ3) is 4.93. The van der Waals surface area contributed by atoms with Crippen molar-refractivity contribution in [1.82, 2.24) is 4.98 Å². The molecule has 1 aromatic heterocycles. The van der Waals surface area contributed by atoms with E-state index in [2.05, 4.69) is 10.3 Å². The highest BCUT2D eigenvalue weighted by Crippen LogP contribution is 2.17. The number of carbonyl (C=O) groups excluding carboxylic acids is 2. The van der Waals surface area contributed by atoms with Gasteiger partial charge >= 0.3 is 5.97 Å². The topological polar surface area (TPSA) is 68.3 Å². The van der Waals surface area contributed by atoms with Gasteiger partial charge in [-0.15, -0.1) is 0 Å². The van der Waals surface area contributed by atoms with E-state index in [0.29, 0.717) is 5.69 Å². The smallest absolute Gasteiger partial charge is 0.331 e. The Morgan fingerprint density at radius 2 is 2.00 bits per heavy atom. The van der Waals surface area contributed by atoms with Gasteiger partial charge in [-0.25, -0.2) is 9.78 Å². The second kappa shape index (κ2) is 8.26. The zero-order valence-corrected chi connectivity index (χ0v) is 14.1. The Morgan fingerprint density at radius 3 is 2.71 bits per heavy atom. The molecule has 6 heteroatoms. The van der Waals surface area contributed by atoms with Gasteiger partial charge in [0, 0.05) is 12.3 Å². The number of aromatic nitrogens is 1. The van der Waals surface area contributed by atoms with E-state index in [4.69, 9.17) is 16.3 Å². The lowest BCUT2D eigenvalue weighted by Gasteiger charge is -2.12. The summed E-state index contributed by atoms with van der Waals surface area (Å²) in [5.41, 5.74) is 2.31. The number of halogens is 1. The van der Waals surface area contributed by atoms with Crippen molar-refractivity contribution >= 4 is 35.2 Å². The van der Waals surface area contributed by atoms with Crippen LogP contribution in [0.4, 0.5) is 5.69 Å². The molecule has 0 saturated carbocycles. The Morgan fingerprint density at radius 1 is 1.25 bits per heavy atom. The first-order valence-corrected chi connectivity index (χ1v) is 7.71. The molecule has 1 aromatic carbocycles. The minimum atomic E-state index is -0.963. The number of hydrogen-bond donors (Lipinski definition) is 1. The van der Waals surface area contributed by atoms with Crippen LogP contribution in [0.1, 0.15) is 18.1 Å². The number of aryl methyl sites for hydroxylation is 1. The fourth-order valence-electron chi connectivity index (χ4n) is 1.91. The van der Waals surface area contributed by atoms with Crippen molar-refractivity contribution in [1.29, 1.82) is 0 Å². The molecule has 0 unspecified atom stereocenters. The molecular weight excluding hydrogens is 328 g/mol. The molecule has 0 saturated heterocycles. The molecular formula is C18H17ClN2O3. The third-order valence-electron chi connectivity index (χ3n) is 3.27. The maximum Gasteiger partial charge on any atom is 0.331 e. The molecule has 124 valence electrons. The maximum absolute atomic E-state index is 12.0. The number of carbonyl (C=O) groups is 2. The highest BCUT2D eigenvalue weighted by molar-refractivity contribution is 6.32. The molecule has 0 aliphatic heterocycles. The molecule has 0 fully saturated rings. The zero-order valence-electron chi connectivity index (χ0n) is 13.3. The summed E-state index contributed by atoms with van der Waals surface area (Å²) in [6, 6.07) is 10.9. The van der Waals surface area contributed by atoms with Crippen molar-refractivity contribution in [2.75, 3.05) is 5.32 Å². The van der Waals surface area contributed by atoms with Crippen molar-refractivity contribution in [3.63, 3.8) is 0 Å². The van der Waals surface area contributed by atoms with E-state index < -0.39 is 18.0 Å². The predicted octanol–water partition coefficient (Wildman–Crippen LogP) is 3.63. The zero-order chi connectivity index (χ0) is 17.5. The van der Waals surface area contributed by atoms with Gasteiger partial charge in [-0.2, -0.15) is 0 Å². The summed E-state index contributed by atoms with van der Waals surface area (Å²) in [6.07, 6.45) is 3.50. The molecule has 2 aromatic rings. The van der Waals surface area contributed by atoms with Crippen LogP contribution in [0.2, 0.25) is 5.15 Å². The van der Waals surface area contributed by atoms with Crippen LogP contribution in [-0.4, -0.2) is 23.0 Å². The minimum Gasteiger partial charge on any atom is -0.449 e. The molecule has 0 aliphatic carbocycles. The summed E-state index contributed by atoms with van der Waals surface area (Å²) >= 11 is 5.87. The van der Waals surface area contributed by atoms with Crippen molar-refractivity contribution in [2.24, 2.45) is 0 Å². The normalized spacial score (nSPS) is 12.0. The standard InChI is InChI=1S/C18H17ClN2O3/c1-12-6-3-4-7-14(12)9-10-16(22)24-13(2)18(23)21-15-8-5-11-20-17(15)19/h3-11,13H,1-2H3,(H,21,23)/b10-9+/t13-/m0/s1. The molecule has 2 rings (SSSR count). The number of hydrogen-bond acceptors (Lipinski definition) is 4. The SMILES string of the molecule is Cc1ccccc1/C=C/C(=O)O[C@@H](C)C(=O)Nc1cccnc1Cl. The van der Waals surface area contributed by atoms with E-state index in [1.54, 1.807) is 18.2 Å². The van der Waals surface area contributed by atoms with Crippen molar-refractivity contribution in [3.8, 4) is 0 Å². The fraction of sp³-hybridized carbons (Fsp3) is 0.167. The second-order valence-electron chi connectivity index (χ2n) is 5.10. The molecule has 5 nitrogen and oxygen atoms in total. The Labute approximate surface area is 145 Å². The number of benzene rings is 1. The molecule has 1 atom stereocenters. The van der Waals surface area contributed by atoms with Crippen LogP contribution in [0.15, 0.2) is 48.7 Å². The number of esters is 1. The van der Waals surface area contributed by atoms with Crippen LogP contribution < -0.4 is 5.32 Å². The molecule has 0 spiro atoms. The molecule has 1 amide bonds. The Balaban J connectivity index is 1.92. The second-order valence-corrected chi connectivity index (χ2v) is 5.46. The van der Waals surface area contributed by atoms with E-state index in [-0.39, 0.29) is 5.15 Å². The molecule has 0 aliphatic rings. The monoisotopic (exact) mass is 344 g/mol. The van der Waals surface area contributed by atoms with Crippen LogP contribution >= 0.6 is 11.6 Å². The molecule has 0 radical (unpaired) electrons. The number of amides is 1. The molecule has 0 bridgehead atoms. The lowest BCUT2D eigenvalue weighted by Crippen LogP contribution is -2.29. The van der Waals surface area contributed by atoms with Crippen LogP contribution in [0.3, 0.4) is 0 Å². The Kier molecular flexibility index (Phi) is 6.09. The van der Waals surface area contributed by atoms with Gasteiger partial charge in [-0.05, 0) is 43.2 Å². The first-order valence-electron chi connectivity index (χ1n) is 7.33. The average Bonchev–Trinajstić information content (AvgIpc) is 2.56. The first kappa shape index (κ1) is 17.7. The van der Waals surface area contributed by atoms with Crippen LogP contribution in [0.5, 0.6) is 0 Å². The summed E-state index contributed by atoms with van der Waals surface area (Å²) in [5.74, 6) is -1.08. The van der Waals surface area contributed by atoms with E-state index in [0.717, 1.165) is 11.1 Å². The maximum atomic E-state index is 12.0. The number of nitrogens with zero attached hydrogens (tertiary/aromatic N) is 1. The van der Waals surface area contributed by atoms with Gasteiger partial charge in [0.15, 0.2) is 11.3 Å². The predicted molar refractivity (Wildman–Crippen MR) is 93.6 cm³/mol. The largest absolute Gasteiger partial charge is 0.449 e. The van der Waals surface area contributed by atoms with Crippen molar-refractivity contribution in [3.05, 3.63) is 65.0 Å². The molecule has 1 heterocycles. The molecule has 1 N–H and O–H groups in total. The summed E-state index contributed by atoms with van der Waals surface area (Å²) < 4.78 is 5.08. The van der Waals surface area contributed by atoms with Gasteiger partial charge in [0.25, 0.3) is 5.91 Å². The van der Waals surface area contributed by atoms with E-state index in [1.807, 2.05) is 31.2 Å². The van der Waals surface area contributed by atoms with Gasteiger partial charge in [0.1, 0.15) is 0 Å². The number of anilines is 1. The summed E-state index contributed by atoms with van der Waals surface area (Å²) in [7, 11) is 0. The van der Waals surface area contributed by atoms with E-state index >= 15 is 0 Å². The minimum absolute atomic E-state index is 0.170. The van der Waals surface area contributed by atoms with E-state index in [9.17, 15) is 9.59 Å². The average molecular weight is 345 g/mol. The van der Waals surface area contributed by atoms with Gasteiger partial charge in [-0.3, -0.25) is 4.79 Å². The van der Waals surface area contributed by atoms with Gasteiger partial charge in [0.05, 0.1) is 5.69 Å². The molecule has 24 heavy (non-hydrogen) atoms. The van der Waals surface area contributed by atoms with Gasteiger partial charge < -0.3 is 10.1 Å². The van der Waals surface area contributed by atoms with Crippen LogP contribution in [0.25, 0.3) is 6.08 Å². The van der Waals surface area contributed by atoms with Crippen LogP contribution in [0, 0.1) is 6.92 Å². The number of ether oxygens (including phenoxy) is 1. The van der Waals surface area contributed by atoms with E-state index in [1.165, 1.54) is 19.2 Å². The fourth-order valence-corrected chi connectivity index (χ4v) is 2.08. The highest BCUT2D eigenvalue weighted by Gasteiger charge is 2.17. The highest BCUT2D eigenvalue weighted by atomic mass is 35.5. The number of pyridine rings is 1. The van der Waals surface area contributed by atoms with Crippen molar-refractivity contribution < 1.29 is 14.3 Å². The van der Waals surface area contributed by atoms with Crippen molar-refractivity contribution in [2.45, 2.75) is 20.0 Å². The first-order chi connectivity index (χ1) is 11.5.